The monoisotopic (exact) mass is 520 g/mol. The molecular weight excluding hydrogens is 503 g/mol. The van der Waals surface area contributed by atoms with E-state index in [2.05, 4.69) is 20.7 Å². The number of para-hydroxylation sites is 1. The Hall–Kier alpha value is -4.21. The van der Waals surface area contributed by atoms with Gasteiger partial charge in [-0.15, -0.1) is 5.10 Å². The van der Waals surface area contributed by atoms with Gasteiger partial charge >= 0.3 is 0 Å². The molecule has 9 nitrogen and oxygen atoms in total. The molecule has 1 unspecified atom stereocenters. The van der Waals surface area contributed by atoms with Gasteiger partial charge in [-0.05, 0) is 31.2 Å². The molecule has 5 rings (SSSR count). The van der Waals surface area contributed by atoms with E-state index >= 15 is 0 Å². The Morgan fingerprint density at radius 1 is 1.08 bits per heavy atom. The van der Waals surface area contributed by atoms with Crippen LogP contribution in [0.5, 0.6) is 0 Å². The number of non-ortho nitro benzene ring substituents is 1. The lowest BCUT2D eigenvalue weighted by molar-refractivity contribution is -0.384. The summed E-state index contributed by atoms with van der Waals surface area (Å²) in [6.45, 7) is 1.77. The molecule has 0 aliphatic carbocycles. The van der Waals surface area contributed by atoms with E-state index in [9.17, 15) is 14.9 Å². The number of fused-ring (bicyclic) bond motifs is 1. The number of aromatic nitrogens is 3. The number of nitro benzene ring substituents is 1. The van der Waals surface area contributed by atoms with Crippen LogP contribution in [0.25, 0.3) is 11.4 Å². The summed E-state index contributed by atoms with van der Waals surface area (Å²) in [6, 6.07) is 19.4. The predicted octanol–water partition coefficient (Wildman–Crippen LogP) is 6.09. The van der Waals surface area contributed by atoms with Gasteiger partial charge in [-0.1, -0.05) is 59.6 Å². The molecule has 36 heavy (non-hydrogen) atoms. The molecule has 3 aromatic carbocycles. The second-order valence-electron chi connectivity index (χ2n) is 8.06. The summed E-state index contributed by atoms with van der Waals surface area (Å²) in [5.41, 5.74) is 2.54. The van der Waals surface area contributed by atoms with Gasteiger partial charge in [-0.25, -0.2) is 4.68 Å². The first kappa shape index (κ1) is 23.5. The zero-order valence-electron chi connectivity index (χ0n) is 18.8. The van der Waals surface area contributed by atoms with Gasteiger partial charge in [0.1, 0.15) is 6.04 Å². The van der Waals surface area contributed by atoms with Crippen LogP contribution in [0.3, 0.4) is 0 Å². The predicted molar refractivity (Wildman–Crippen MR) is 138 cm³/mol. The number of allylic oxidation sites excluding steroid dienone is 1. The molecule has 2 heterocycles. The van der Waals surface area contributed by atoms with Gasteiger partial charge in [-0.3, -0.25) is 14.9 Å². The molecule has 0 saturated heterocycles. The van der Waals surface area contributed by atoms with Gasteiger partial charge in [0, 0.05) is 44.7 Å². The zero-order valence-corrected chi connectivity index (χ0v) is 20.3. The summed E-state index contributed by atoms with van der Waals surface area (Å²) in [6.07, 6.45) is 0. The van der Waals surface area contributed by atoms with Crippen LogP contribution in [0.15, 0.2) is 84.1 Å². The van der Waals surface area contributed by atoms with Crippen LogP contribution < -0.4 is 10.6 Å². The first-order chi connectivity index (χ1) is 17.3. The summed E-state index contributed by atoms with van der Waals surface area (Å²) in [5.74, 6) is 0.273. The number of carbonyl (C=O) groups is 1. The number of anilines is 2. The van der Waals surface area contributed by atoms with E-state index in [1.165, 1.54) is 12.1 Å². The molecule has 180 valence electrons. The van der Waals surface area contributed by atoms with Crippen LogP contribution in [0, 0.1) is 10.1 Å². The molecule has 1 aromatic heterocycles. The van der Waals surface area contributed by atoms with E-state index in [-0.39, 0.29) is 17.4 Å². The van der Waals surface area contributed by atoms with Gasteiger partial charge in [-0.2, -0.15) is 4.98 Å². The minimum Gasteiger partial charge on any atom is -0.328 e. The lowest BCUT2D eigenvalue weighted by atomic mass is 9.95. The van der Waals surface area contributed by atoms with Crippen molar-refractivity contribution in [3.63, 3.8) is 0 Å². The van der Waals surface area contributed by atoms with Gasteiger partial charge < -0.3 is 10.6 Å². The maximum absolute atomic E-state index is 13.5. The van der Waals surface area contributed by atoms with Crippen molar-refractivity contribution in [1.82, 2.24) is 14.8 Å². The van der Waals surface area contributed by atoms with Crippen LogP contribution in [0.4, 0.5) is 17.3 Å². The highest BCUT2D eigenvalue weighted by molar-refractivity contribution is 6.35. The highest BCUT2D eigenvalue weighted by Gasteiger charge is 2.35. The van der Waals surface area contributed by atoms with Crippen molar-refractivity contribution in [2.45, 2.75) is 13.0 Å². The first-order valence-electron chi connectivity index (χ1n) is 10.8. The van der Waals surface area contributed by atoms with E-state index in [1.54, 1.807) is 54.1 Å². The molecule has 0 bridgehead atoms. The van der Waals surface area contributed by atoms with Gasteiger partial charge in [0.05, 0.1) is 10.5 Å². The molecule has 1 aliphatic heterocycles. The van der Waals surface area contributed by atoms with Crippen molar-refractivity contribution in [2.75, 3.05) is 10.6 Å². The van der Waals surface area contributed by atoms with Crippen molar-refractivity contribution in [1.29, 1.82) is 0 Å². The third-order valence-electron chi connectivity index (χ3n) is 5.70. The maximum atomic E-state index is 13.5. The Bertz CT molecular complexity index is 1530. The maximum Gasteiger partial charge on any atom is 0.270 e. The topological polar surface area (TPSA) is 115 Å². The summed E-state index contributed by atoms with van der Waals surface area (Å²) < 4.78 is 1.55. The molecule has 0 spiro atoms. The Labute approximate surface area is 215 Å². The summed E-state index contributed by atoms with van der Waals surface area (Å²) in [5, 5.41) is 22.8. The Morgan fingerprint density at radius 2 is 1.86 bits per heavy atom. The first-order valence-corrected chi connectivity index (χ1v) is 11.6. The van der Waals surface area contributed by atoms with Crippen molar-refractivity contribution >= 4 is 46.4 Å². The van der Waals surface area contributed by atoms with E-state index in [0.29, 0.717) is 44.1 Å². The van der Waals surface area contributed by atoms with Crippen LogP contribution >= 0.6 is 23.2 Å². The van der Waals surface area contributed by atoms with Crippen LogP contribution in [0.1, 0.15) is 18.5 Å². The Kier molecular flexibility index (Phi) is 6.17. The van der Waals surface area contributed by atoms with Crippen molar-refractivity contribution in [2.24, 2.45) is 0 Å². The molecule has 0 fully saturated rings. The minimum absolute atomic E-state index is 0.0808. The number of benzene rings is 3. The SMILES string of the molecule is CC1=C(C(=O)Nc2ccccc2)C(c2ccc(Cl)cc2Cl)n2nc(-c3cccc([N+](=O)[O-])c3)nc2N1. The number of nitrogens with zero attached hydrogens (tertiary/aromatic N) is 4. The lowest BCUT2D eigenvalue weighted by Crippen LogP contribution is -2.31. The molecule has 2 N–H and O–H groups in total. The smallest absolute Gasteiger partial charge is 0.270 e. The van der Waals surface area contributed by atoms with Crippen LogP contribution in [-0.2, 0) is 4.79 Å². The normalized spacial score (nSPS) is 14.7. The Morgan fingerprint density at radius 3 is 2.58 bits per heavy atom. The highest BCUT2D eigenvalue weighted by Crippen LogP contribution is 2.40. The Balaban J connectivity index is 1.63. The molecule has 0 saturated carbocycles. The summed E-state index contributed by atoms with van der Waals surface area (Å²) in [4.78, 5) is 28.9. The van der Waals surface area contributed by atoms with Crippen molar-refractivity contribution in [3.05, 3.63) is 110 Å². The van der Waals surface area contributed by atoms with Gasteiger partial charge in [0.25, 0.3) is 11.6 Å². The molecule has 1 amide bonds. The number of amides is 1. The highest BCUT2D eigenvalue weighted by atomic mass is 35.5. The fourth-order valence-corrected chi connectivity index (χ4v) is 4.57. The average molecular weight is 521 g/mol. The molecule has 11 heteroatoms. The number of halogens is 2. The standard InChI is InChI=1S/C25H18Cl2N6O3/c1-14-21(24(34)29-17-7-3-2-4-8-17)22(19-11-10-16(26)13-20(19)27)32-25(28-14)30-23(31-32)15-6-5-9-18(12-15)33(35)36/h2-13,22H,1H3,(H,29,34)(H,28,30,31). The molecule has 1 aliphatic rings. The van der Waals surface area contributed by atoms with Crippen LogP contribution in [-0.4, -0.2) is 25.6 Å². The van der Waals surface area contributed by atoms with Crippen molar-refractivity contribution in [3.8, 4) is 11.4 Å². The molecule has 4 aromatic rings. The number of hydrogen-bond donors (Lipinski definition) is 2. The molecule has 1 atom stereocenters. The fourth-order valence-electron chi connectivity index (χ4n) is 4.06. The second kappa shape index (κ2) is 9.44. The fraction of sp³-hybridized carbons (Fsp3) is 0.0800. The van der Waals surface area contributed by atoms with Gasteiger partial charge in [0.15, 0.2) is 5.82 Å². The lowest BCUT2D eigenvalue weighted by Gasteiger charge is -2.29. The van der Waals surface area contributed by atoms with Gasteiger partial charge in [0.2, 0.25) is 5.95 Å². The molecular formula is C25H18Cl2N6O3. The van der Waals surface area contributed by atoms with E-state index in [4.69, 9.17) is 23.2 Å². The zero-order chi connectivity index (χ0) is 25.4. The third kappa shape index (κ3) is 4.41. The minimum atomic E-state index is -0.741. The second-order valence-corrected chi connectivity index (χ2v) is 8.91. The number of nitro groups is 1. The number of carbonyl (C=O) groups excluding carboxylic acids is 1. The largest absolute Gasteiger partial charge is 0.328 e. The number of nitrogens with one attached hydrogen (secondary N) is 2. The van der Waals surface area contributed by atoms with E-state index < -0.39 is 11.0 Å². The van der Waals surface area contributed by atoms with E-state index in [0.717, 1.165) is 0 Å². The van der Waals surface area contributed by atoms with Crippen LogP contribution in [0.2, 0.25) is 10.0 Å². The quantitative estimate of drug-likeness (QED) is 0.243. The number of rotatable bonds is 5. The third-order valence-corrected chi connectivity index (χ3v) is 6.26. The van der Waals surface area contributed by atoms with Crippen molar-refractivity contribution < 1.29 is 9.72 Å². The van der Waals surface area contributed by atoms with E-state index in [1.807, 2.05) is 18.2 Å². The summed E-state index contributed by atoms with van der Waals surface area (Å²) >= 11 is 12.7. The average Bonchev–Trinajstić information content (AvgIpc) is 3.28. The number of hydrogen-bond acceptors (Lipinski definition) is 6. The molecule has 0 radical (unpaired) electrons. The summed E-state index contributed by atoms with van der Waals surface area (Å²) in [7, 11) is 0.